The van der Waals surface area contributed by atoms with Crippen molar-refractivity contribution < 1.29 is 4.79 Å². The van der Waals surface area contributed by atoms with Crippen LogP contribution in [0.1, 0.15) is 25.3 Å². The standard InChI is InChI=1S/C23H26N6O/c1-2-16-9-3-5-11-18(16)28-23(30)25-13-7-8-14-29-15-26-20-21(29)17-10-4-6-12-19(17)27-22(20)24/h3-6,9-12,15H,2,7-8,13-14H2,1H3,(H2,24,27)(H2,25,28,30). The largest absolute Gasteiger partial charge is 0.382 e. The van der Waals surface area contributed by atoms with Gasteiger partial charge in [-0.2, -0.15) is 0 Å². The molecule has 7 nitrogen and oxygen atoms in total. The van der Waals surface area contributed by atoms with Gasteiger partial charge >= 0.3 is 6.03 Å². The molecule has 2 amide bonds. The zero-order valence-electron chi connectivity index (χ0n) is 17.1. The summed E-state index contributed by atoms with van der Waals surface area (Å²) in [6, 6.07) is 15.6. The van der Waals surface area contributed by atoms with E-state index >= 15 is 0 Å². The number of benzene rings is 2. The minimum absolute atomic E-state index is 0.172. The SMILES string of the molecule is CCc1ccccc1NC(=O)NCCCCn1cnc2c(N)nc3ccccc3c21. The average Bonchev–Trinajstić information content (AvgIpc) is 3.19. The zero-order chi connectivity index (χ0) is 20.9. The number of carbonyl (C=O) groups excluding carboxylic acids is 1. The molecule has 0 atom stereocenters. The number of pyridine rings is 1. The number of hydrogen-bond acceptors (Lipinski definition) is 4. The van der Waals surface area contributed by atoms with Gasteiger partial charge in [0.1, 0.15) is 5.52 Å². The number of aryl methyl sites for hydroxylation is 2. The summed E-state index contributed by atoms with van der Waals surface area (Å²) in [6.07, 6.45) is 4.47. The van der Waals surface area contributed by atoms with Crippen molar-refractivity contribution in [3.63, 3.8) is 0 Å². The van der Waals surface area contributed by atoms with E-state index in [1.165, 1.54) is 0 Å². The Labute approximate surface area is 175 Å². The number of nitrogens with zero attached hydrogens (tertiary/aromatic N) is 3. The molecular weight excluding hydrogens is 376 g/mol. The number of nitrogens with one attached hydrogen (secondary N) is 2. The Morgan fingerprint density at radius 2 is 1.90 bits per heavy atom. The lowest BCUT2D eigenvalue weighted by atomic mass is 10.1. The molecule has 0 saturated carbocycles. The third-order valence-electron chi connectivity index (χ3n) is 5.24. The van der Waals surface area contributed by atoms with Gasteiger partial charge in [0.05, 0.1) is 17.4 Å². The second-order valence-electron chi connectivity index (χ2n) is 7.25. The van der Waals surface area contributed by atoms with Gasteiger partial charge in [-0.15, -0.1) is 0 Å². The highest BCUT2D eigenvalue weighted by molar-refractivity contribution is 6.06. The third-order valence-corrected chi connectivity index (χ3v) is 5.24. The van der Waals surface area contributed by atoms with Crippen molar-refractivity contribution in [1.29, 1.82) is 0 Å². The number of urea groups is 1. The zero-order valence-corrected chi connectivity index (χ0v) is 17.1. The number of unbranched alkanes of at least 4 members (excludes halogenated alkanes) is 1. The molecule has 0 aliphatic carbocycles. The Morgan fingerprint density at radius 1 is 1.10 bits per heavy atom. The molecule has 2 heterocycles. The van der Waals surface area contributed by atoms with E-state index < -0.39 is 0 Å². The monoisotopic (exact) mass is 402 g/mol. The fraction of sp³-hybridized carbons (Fsp3) is 0.261. The number of nitrogens with two attached hydrogens (primary N) is 1. The van der Waals surface area contributed by atoms with Gasteiger partial charge in [-0.1, -0.05) is 43.3 Å². The Bertz CT molecular complexity index is 1180. The highest BCUT2D eigenvalue weighted by Gasteiger charge is 2.12. The number of para-hydroxylation sites is 2. The fourth-order valence-corrected chi connectivity index (χ4v) is 3.70. The lowest BCUT2D eigenvalue weighted by Crippen LogP contribution is -2.30. The van der Waals surface area contributed by atoms with Gasteiger partial charge in [-0.3, -0.25) is 0 Å². The molecule has 30 heavy (non-hydrogen) atoms. The van der Waals surface area contributed by atoms with Crippen LogP contribution < -0.4 is 16.4 Å². The molecule has 4 rings (SSSR count). The molecule has 2 aromatic heterocycles. The Morgan fingerprint density at radius 3 is 2.77 bits per heavy atom. The summed E-state index contributed by atoms with van der Waals surface area (Å²) in [6.45, 7) is 3.48. The van der Waals surface area contributed by atoms with E-state index in [0.29, 0.717) is 12.4 Å². The normalized spacial score (nSPS) is 11.1. The first-order valence-corrected chi connectivity index (χ1v) is 10.3. The molecular formula is C23H26N6O. The van der Waals surface area contributed by atoms with E-state index in [1.807, 2.05) is 54.9 Å². The van der Waals surface area contributed by atoms with Crippen LogP contribution in [-0.2, 0) is 13.0 Å². The summed E-state index contributed by atoms with van der Waals surface area (Å²) in [7, 11) is 0. The number of aromatic nitrogens is 3. The molecule has 0 bridgehead atoms. The molecule has 0 aliphatic rings. The van der Waals surface area contributed by atoms with Crippen LogP contribution in [0.2, 0.25) is 0 Å². The van der Waals surface area contributed by atoms with Gasteiger partial charge in [-0.05, 0) is 37.0 Å². The minimum Gasteiger partial charge on any atom is -0.382 e. The summed E-state index contributed by atoms with van der Waals surface area (Å²) in [4.78, 5) is 21.1. The quantitative estimate of drug-likeness (QED) is 0.401. The van der Waals surface area contributed by atoms with Crippen LogP contribution in [0.4, 0.5) is 16.3 Å². The van der Waals surface area contributed by atoms with Gasteiger partial charge in [0, 0.05) is 24.2 Å². The molecule has 154 valence electrons. The van der Waals surface area contributed by atoms with Crippen molar-refractivity contribution in [2.24, 2.45) is 0 Å². The molecule has 0 radical (unpaired) electrons. The fourth-order valence-electron chi connectivity index (χ4n) is 3.70. The van der Waals surface area contributed by atoms with Crippen LogP contribution in [0, 0.1) is 0 Å². The van der Waals surface area contributed by atoms with Gasteiger partial charge < -0.3 is 20.9 Å². The Hall–Kier alpha value is -3.61. The maximum atomic E-state index is 12.2. The molecule has 7 heteroatoms. The smallest absolute Gasteiger partial charge is 0.319 e. The van der Waals surface area contributed by atoms with E-state index in [0.717, 1.165) is 59.0 Å². The first kappa shape index (κ1) is 19.7. The van der Waals surface area contributed by atoms with Gasteiger partial charge in [0.25, 0.3) is 0 Å². The van der Waals surface area contributed by atoms with E-state index in [-0.39, 0.29) is 6.03 Å². The number of nitrogen functional groups attached to an aromatic ring is 1. The third kappa shape index (κ3) is 4.05. The number of anilines is 2. The predicted molar refractivity (Wildman–Crippen MR) is 122 cm³/mol. The van der Waals surface area contributed by atoms with Crippen molar-refractivity contribution in [1.82, 2.24) is 19.9 Å². The maximum Gasteiger partial charge on any atom is 0.319 e. The average molecular weight is 403 g/mol. The van der Waals surface area contributed by atoms with Crippen molar-refractivity contribution in [3.05, 3.63) is 60.4 Å². The molecule has 0 aliphatic heterocycles. The molecule has 0 saturated heterocycles. The molecule has 0 spiro atoms. The van der Waals surface area contributed by atoms with Crippen LogP contribution in [-0.4, -0.2) is 27.1 Å². The molecule has 2 aromatic carbocycles. The summed E-state index contributed by atoms with van der Waals surface area (Å²) >= 11 is 0. The number of amides is 2. The van der Waals surface area contributed by atoms with Crippen molar-refractivity contribution in [2.75, 3.05) is 17.6 Å². The second-order valence-corrected chi connectivity index (χ2v) is 7.25. The number of fused-ring (bicyclic) bond motifs is 3. The first-order valence-electron chi connectivity index (χ1n) is 10.3. The maximum absolute atomic E-state index is 12.2. The van der Waals surface area contributed by atoms with Crippen molar-refractivity contribution >= 4 is 39.5 Å². The van der Waals surface area contributed by atoms with Gasteiger partial charge in [-0.25, -0.2) is 14.8 Å². The van der Waals surface area contributed by atoms with E-state index in [1.54, 1.807) is 0 Å². The van der Waals surface area contributed by atoms with Crippen LogP contribution in [0.25, 0.3) is 21.9 Å². The second kappa shape index (κ2) is 8.82. The molecule has 0 unspecified atom stereocenters. The Balaban J connectivity index is 1.33. The van der Waals surface area contributed by atoms with Crippen molar-refractivity contribution in [3.8, 4) is 0 Å². The lowest BCUT2D eigenvalue weighted by molar-refractivity contribution is 0.252. The minimum atomic E-state index is -0.172. The number of carbonyl (C=O) groups is 1. The predicted octanol–water partition coefficient (Wildman–Crippen LogP) is 4.33. The summed E-state index contributed by atoms with van der Waals surface area (Å²) in [5, 5.41) is 6.91. The van der Waals surface area contributed by atoms with E-state index in [4.69, 9.17) is 5.73 Å². The number of imidazole rings is 1. The van der Waals surface area contributed by atoms with Crippen LogP contribution in [0.15, 0.2) is 54.9 Å². The number of rotatable bonds is 7. The summed E-state index contributed by atoms with van der Waals surface area (Å²) in [5.74, 6) is 0.452. The summed E-state index contributed by atoms with van der Waals surface area (Å²) in [5.41, 5.74) is 10.7. The molecule has 4 aromatic rings. The van der Waals surface area contributed by atoms with Crippen LogP contribution >= 0.6 is 0 Å². The number of hydrogen-bond donors (Lipinski definition) is 3. The lowest BCUT2D eigenvalue weighted by Gasteiger charge is -2.11. The summed E-state index contributed by atoms with van der Waals surface area (Å²) < 4.78 is 2.12. The van der Waals surface area contributed by atoms with Crippen LogP contribution in [0.3, 0.4) is 0 Å². The van der Waals surface area contributed by atoms with Gasteiger partial charge in [0.2, 0.25) is 0 Å². The molecule has 0 fully saturated rings. The van der Waals surface area contributed by atoms with E-state index in [2.05, 4.69) is 32.1 Å². The van der Waals surface area contributed by atoms with Crippen molar-refractivity contribution in [2.45, 2.75) is 32.7 Å². The topological polar surface area (TPSA) is 97.9 Å². The first-order chi connectivity index (χ1) is 14.7. The van der Waals surface area contributed by atoms with Gasteiger partial charge in [0.15, 0.2) is 5.82 Å². The molecule has 4 N–H and O–H groups in total. The Kier molecular flexibility index (Phi) is 5.79. The highest BCUT2D eigenvalue weighted by atomic mass is 16.2. The van der Waals surface area contributed by atoms with Crippen LogP contribution in [0.5, 0.6) is 0 Å². The highest BCUT2D eigenvalue weighted by Crippen LogP contribution is 2.27. The van der Waals surface area contributed by atoms with E-state index in [9.17, 15) is 4.79 Å².